The molecule has 3 aromatic heterocycles. The molecule has 5 aromatic rings. The lowest BCUT2D eigenvalue weighted by Crippen LogP contribution is -2.06. The lowest BCUT2D eigenvalue weighted by Gasteiger charge is -2.14. The average molecular weight is 448 g/mol. The highest BCUT2D eigenvalue weighted by Crippen LogP contribution is 2.35. The number of benzene rings is 2. The zero-order valence-electron chi connectivity index (χ0n) is 19.3. The molecule has 0 radical (unpaired) electrons. The van der Waals surface area contributed by atoms with E-state index in [-0.39, 0.29) is 0 Å². The Balaban J connectivity index is 1.45. The van der Waals surface area contributed by atoms with E-state index in [1.54, 1.807) is 0 Å². The van der Waals surface area contributed by atoms with Crippen molar-refractivity contribution in [1.29, 1.82) is 0 Å². The minimum absolute atomic E-state index is 0.585. The van der Waals surface area contributed by atoms with Crippen LogP contribution in [0.15, 0.2) is 54.9 Å². The van der Waals surface area contributed by atoms with Gasteiger partial charge in [-0.25, -0.2) is 4.98 Å². The van der Waals surface area contributed by atoms with Crippen LogP contribution in [0, 0.1) is 6.92 Å². The molecule has 0 unspecified atom stereocenters. The number of nitrogens with one attached hydrogen (secondary N) is 1. The van der Waals surface area contributed by atoms with Gasteiger partial charge >= 0.3 is 0 Å². The van der Waals surface area contributed by atoms with E-state index in [1.807, 2.05) is 18.5 Å². The molecule has 7 nitrogen and oxygen atoms in total. The molecule has 2 aromatic carbocycles. The van der Waals surface area contributed by atoms with Crippen LogP contribution in [0.1, 0.15) is 52.0 Å². The van der Waals surface area contributed by atoms with Crippen LogP contribution in [0.4, 0.5) is 0 Å². The molecular formula is C27H25N7. The molecule has 0 saturated carbocycles. The average Bonchev–Trinajstić information content (AvgIpc) is 3.47. The van der Waals surface area contributed by atoms with Crippen LogP contribution in [0.3, 0.4) is 0 Å². The van der Waals surface area contributed by atoms with Gasteiger partial charge in [0.05, 0.1) is 17.2 Å². The van der Waals surface area contributed by atoms with Crippen molar-refractivity contribution in [2.45, 2.75) is 39.7 Å². The smallest absolute Gasteiger partial charge is 0.198 e. The molecular weight excluding hydrogens is 422 g/mol. The molecule has 0 bridgehead atoms. The quantitative estimate of drug-likeness (QED) is 0.437. The number of imidazole rings is 1. The first kappa shape index (κ1) is 20.5. The van der Waals surface area contributed by atoms with Crippen molar-refractivity contribution in [3.8, 4) is 0 Å². The second kappa shape index (κ2) is 8.33. The van der Waals surface area contributed by atoms with Crippen LogP contribution < -0.4 is 0 Å². The van der Waals surface area contributed by atoms with Crippen molar-refractivity contribution in [2.24, 2.45) is 0 Å². The summed E-state index contributed by atoms with van der Waals surface area (Å²) < 4.78 is 2.30. The van der Waals surface area contributed by atoms with E-state index in [2.05, 4.69) is 86.5 Å². The van der Waals surface area contributed by atoms with Crippen molar-refractivity contribution in [3.05, 3.63) is 99.9 Å². The van der Waals surface area contributed by atoms with Gasteiger partial charge in [0.1, 0.15) is 5.82 Å². The Hall–Kier alpha value is -4.13. The summed E-state index contributed by atoms with van der Waals surface area (Å²) >= 11 is 0. The molecule has 168 valence electrons. The van der Waals surface area contributed by atoms with E-state index < -0.39 is 0 Å². The van der Waals surface area contributed by atoms with Gasteiger partial charge < -0.3 is 4.57 Å². The summed E-state index contributed by atoms with van der Waals surface area (Å²) in [5.74, 6) is 1.67. The van der Waals surface area contributed by atoms with Crippen molar-refractivity contribution in [3.63, 3.8) is 0 Å². The summed E-state index contributed by atoms with van der Waals surface area (Å²) in [6.45, 7) is 5.00. The third-order valence-corrected chi connectivity index (χ3v) is 6.65. The van der Waals surface area contributed by atoms with Gasteiger partial charge in [-0.3, -0.25) is 4.98 Å². The number of H-pyrrole nitrogens is 1. The Morgan fingerprint density at radius 3 is 2.74 bits per heavy atom. The fraction of sp³-hybridized carbons (Fsp3) is 0.222. The van der Waals surface area contributed by atoms with Gasteiger partial charge in [0, 0.05) is 19.2 Å². The lowest BCUT2D eigenvalue weighted by molar-refractivity contribution is 0.750. The zero-order valence-corrected chi connectivity index (χ0v) is 19.3. The fourth-order valence-electron chi connectivity index (χ4n) is 4.99. The van der Waals surface area contributed by atoms with E-state index in [9.17, 15) is 0 Å². The number of fused-ring (bicyclic) bond motifs is 3. The minimum Gasteiger partial charge on any atom is -0.322 e. The Labute approximate surface area is 197 Å². The first-order chi connectivity index (χ1) is 16.7. The predicted molar refractivity (Wildman–Crippen MR) is 132 cm³/mol. The highest BCUT2D eigenvalue weighted by Gasteiger charge is 2.20. The topological polar surface area (TPSA) is 85.2 Å². The van der Waals surface area contributed by atoms with E-state index in [1.165, 1.54) is 27.8 Å². The van der Waals surface area contributed by atoms with Crippen LogP contribution in [0.2, 0.25) is 0 Å². The molecule has 1 aliphatic carbocycles. The monoisotopic (exact) mass is 447 g/mol. The molecule has 0 saturated heterocycles. The largest absolute Gasteiger partial charge is 0.322 e. The molecule has 3 heterocycles. The standard InChI is InChI=1S/C27H25N7/c1-3-26-29-27-17(2)14-28-15-24(27)34(26)16-18-8-11-22-20(12-18)10-9-19-6-4-5-7-21(19)23(22)13-25-30-32-33-31-25/h4-8,11-15H,3,9-10,16H2,1-2H3,(H,30,31,32,33). The van der Waals surface area contributed by atoms with Crippen LogP contribution in [-0.2, 0) is 25.8 Å². The summed E-state index contributed by atoms with van der Waals surface area (Å²) in [6.07, 6.45) is 8.70. The molecule has 1 N–H and O–H groups in total. The van der Waals surface area contributed by atoms with E-state index in [0.717, 1.165) is 53.8 Å². The minimum atomic E-state index is 0.585. The van der Waals surface area contributed by atoms with E-state index in [0.29, 0.717) is 5.82 Å². The van der Waals surface area contributed by atoms with Crippen LogP contribution >= 0.6 is 0 Å². The van der Waals surface area contributed by atoms with Crippen molar-refractivity contribution >= 4 is 22.7 Å². The highest BCUT2D eigenvalue weighted by molar-refractivity contribution is 5.93. The molecule has 0 aliphatic heterocycles. The number of hydrogen-bond donors (Lipinski definition) is 1. The maximum Gasteiger partial charge on any atom is 0.198 e. The van der Waals surface area contributed by atoms with Gasteiger partial charge in [-0.2, -0.15) is 5.21 Å². The number of hydrogen-bond acceptors (Lipinski definition) is 5. The van der Waals surface area contributed by atoms with E-state index in [4.69, 9.17) is 4.98 Å². The number of aromatic amines is 1. The number of aryl methyl sites for hydroxylation is 4. The second-order valence-electron chi connectivity index (χ2n) is 8.77. The van der Waals surface area contributed by atoms with Gasteiger partial charge in [0.2, 0.25) is 0 Å². The Kier molecular flexibility index (Phi) is 5.02. The van der Waals surface area contributed by atoms with Crippen LogP contribution in [0.25, 0.3) is 22.7 Å². The van der Waals surface area contributed by atoms with Crippen molar-refractivity contribution in [2.75, 3.05) is 0 Å². The fourth-order valence-corrected chi connectivity index (χ4v) is 4.99. The third kappa shape index (κ3) is 3.50. The molecule has 34 heavy (non-hydrogen) atoms. The normalized spacial score (nSPS) is 14.2. The Bertz CT molecular complexity index is 1530. The Morgan fingerprint density at radius 2 is 1.88 bits per heavy atom. The summed E-state index contributed by atoms with van der Waals surface area (Å²) in [5, 5.41) is 14.6. The summed E-state index contributed by atoms with van der Waals surface area (Å²) in [7, 11) is 0. The molecule has 0 fully saturated rings. The van der Waals surface area contributed by atoms with Gasteiger partial charge in [-0.05, 0) is 70.0 Å². The summed E-state index contributed by atoms with van der Waals surface area (Å²) in [5.41, 5.74) is 10.8. The molecule has 1 aliphatic rings. The van der Waals surface area contributed by atoms with Crippen molar-refractivity contribution in [1.82, 2.24) is 35.2 Å². The predicted octanol–water partition coefficient (Wildman–Crippen LogP) is 4.55. The molecule has 7 heteroatoms. The van der Waals surface area contributed by atoms with Crippen LogP contribution in [-0.4, -0.2) is 35.2 Å². The number of rotatable bonds is 4. The number of pyridine rings is 1. The second-order valence-corrected chi connectivity index (χ2v) is 8.77. The van der Waals surface area contributed by atoms with Crippen LogP contribution in [0.5, 0.6) is 0 Å². The van der Waals surface area contributed by atoms with Gasteiger partial charge in [0.25, 0.3) is 0 Å². The number of nitrogens with zero attached hydrogens (tertiary/aromatic N) is 6. The Morgan fingerprint density at radius 1 is 1.03 bits per heavy atom. The van der Waals surface area contributed by atoms with Gasteiger partial charge in [0.15, 0.2) is 5.82 Å². The van der Waals surface area contributed by atoms with Crippen molar-refractivity contribution < 1.29 is 0 Å². The molecule has 6 rings (SSSR count). The first-order valence-corrected chi connectivity index (χ1v) is 11.7. The third-order valence-electron chi connectivity index (χ3n) is 6.65. The molecule has 0 atom stereocenters. The number of aromatic nitrogens is 7. The maximum absolute atomic E-state index is 4.90. The summed E-state index contributed by atoms with van der Waals surface area (Å²) in [6, 6.07) is 15.4. The molecule has 0 spiro atoms. The number of tetrazole rings is 1. The SMILES string of the molecule is CCc1nc2c(C)cncc2n1Cc1ccc2c(c1)CCc1ccccc1C2=Cc1nn[nH]n1. The van der Waals surface area contributed by atoms with Gasteiger partial charge in [-0.15, -0.1) is 10.2 Å². The summed E-state index contributed by atoms with van der Waals surface area (Å²) in [4.78, 5) is 9.33. The van der Waals surface area contributed by atoms with E-state index >= 15 is 0 Å². The van der Waals surface area contributed by atoms with Gasteiger partial charge in [-0.1, -0.05) is 49.4 Å². The zero-order chi connectivity index (χ0) is 23.1. The first-order valence-electron chi connectivity index (χ1n) is 11.7. The maximum atomic E-state index is 4.90. The highest BCUT2D eigenvalue weighted by atomic mass is 15.5. The lowest BCUT2D eigenvalue weighted by atomic mass is 9.92. The molecule has 0 amide bonds.